The third-order valence-corrected chi connectivity index (χ3v) is 4.81. The van der Waals surface area contributed by atoms with Gasteiger partial charge in [-0.3, -0.25) is 0 Å². The fourth-order valence-electron chi connectivity index (χ4n) is 2.99. The summed E-state index contributed by atoms with van der Waals surface area (Å²) in [6, 6.07) is 3.72. The van der Waals surface area contributed by atoms with E-state index in [1.807, 2.05) is 12.1 Å². The van der Waals surface area contributed by atoms with E-state index in [0.717, 1.165) is 34.5 Å². The van der Waals surface area contributed by atoms with E-state index in [1.165, 1.54) is 25.7 Å². The van der Waals surface area contributed by atoms with E-state index in [0.29, 0.717) is 5.75 Å². The van der Waals surface area contributed by atoms with Gasteiger partial charge < -0.3 is 14.6 Å². The summed E-state index contributed by atoms with van der Waals surface area (Å²) in [4.78, 5) is 0. The number of hydrogen-bond donors (Lipinski definition) is 1. The van der Waals surface area contributed by atoms with Gasteiger partial charge in [0, 0.05) is 5.56 Å². The Hall–Kier alpha value is -0.740. The lowest BCUT2D eigenvalue weighted by Crippen LogP contribution is -2.04. The number of benzene rings is 1. The largest absolute Gasteiger partial charge is 0.496 e. The summed E-state index contributed by atoms with van der Waals surface area (Å²) in [7, 11) is 3.25. The molecule has 1 N–H and O–H groups in total. The van der Waals surface area contributed by atoms with Crippen molar-refractivity contribution in [2.24, 2.45) is 5.92 Å². The van der Waals surface area contributed by atoms with E-state index in [-0.39, 0.29) is 0 Å². The Morgan fingerprint density at radius 1 is 1.20 bits per heavy atom. The van der Waals surface area contributed by atoms with Gasteiger partial charge in [0.2, 0.25) is 0 Å². The average Bonchev–Trinajstić information content (AvgIpc) is 2.97. The Morgan fingerprint density at radius 3 is 2.45 bits per heavy atom. The first-order valence-corrected chi connectivity index (χ1v) is 8.04. The number of rotatable bonds is 6. The minimum atomic E-state index is -0.493. The van der Waals surface area contributed by atoms with Gasteiger partial charge in [-0.15, -0.1) is 0 Å². The summed E-state index contributed by atoms with van der Waals surface area (Å²) in [6.45, 7) is 0. The van der Waals surface area contributed by atoms with Gasteiger partial charge in [0.1, 0.15) is 11.5 Å². The van der Waals surface area contributed by atoms with E-state index >= 15 is 0 Å². The van der Waals surface area contributed by atoms with Crippen LogP contribution in [-0.4, -0.2) is 19.3 Å². The minimum Gasteiger partial charge on any atom is -0.496 e. The standard InChI is InChI=1S/C16H23BrO3/c1-19-15-10-13(17)16(20-2)9-12(15)14(18)8-7-11-5-3-4-6-11/h9-11,14,18H,3-8H2,1-2H3. The molecular formula is C16H23BrO3. The van der Waals surface area contributed by atoms with Crippen LogP contribution >= 0.6 is 15.9 Å². The molecule has 0 amide bonds. The molecule has 4 heteroatoms. The monoisotopic (exact) mass is 342 g/mol. The van der Waals surface area contributed by atoms with Crippen LogP contribution in [0.25, 0.3) is 0 Å². The first-order chi connectivity index (χ1) is 9.65. The number of methoxy groups -OCH3 is 2. The molecule has 1 saturated carbocycles. The zero-order chi connectivity index (χ0) is 14.5. The van der Waals surface area contributed by atoms with Crippen molar-refractivity contribution in [1.82, 2.24) is 0 Å². The molecule has 20 heavy (non-hydrogen) atoms. The SMILES string of the molecule is COc1cc(C(O)CCC2CCCC2)c(OC)cc1Br. The Labute approximate surface area is 129 Å². The van der Waals surface area contributed by atoms with Crippen molar-refractivity contribution in [2.45, 2.75) is 44.6 Å². The number of aliphatic hydroxyl groups is 1. The highest BCUT2D eigenvalue weighted by Crippen LogP contribution is 2.38. The number of hydrogen-bond acceptors (Lipinski definition) is 3. The highest BCUT2D eigenvalue weighted by molar-refractivity contribution is 9.10. The summed E-state index contributed by atoms with van der Waals surface area (Å²) in [6.07, 6.45) is 6.69. The number of ether oxygens (including phenoxy) is 2. The van der Waals surface area contributed by atoms with E-state index in [2.05, 4.69) is 15.9 Å². The highest BCUT2D eigenvalue weighted by atomic mass is 79.9. The van der Waals surface area contributed by atoms with E-state index in [1.54, 1.807) is 14.2 Å². The topological polar surface area (TPSA) is 38.7 Å². The van der Waals surface area contributed by atoms with Gasteiger partial charge in [-0.25, -0.2) is 0 Å². The first-order valence-electron chi connectivity index (χ1n) is 7.25. The lowest BCUT2D eigenvalue weighted by Gasteiger charge is -2.18. The van der Waals surface area contributed by atoms with Crippen LogP contribution in [-0.2, 0) is 0 Å². The first kappa shape index (κ1) is 15.6. The molecule has 2 rings (SSSR count). The molecule has 0 aromatic heterocycles. The molecule has 0 saturated heterocycles. The zero-order valence-electron chi connectivity index (χ0n) is 12.2. The summed E-state index contributed by atoms with van der Waals surface area (Å²) in [5.41, 5.74) is 0.811. The average molecular weight is 343 g/mol. The van der Waals surface area contributed by atoms with Crippen LogP contribution in [0.4, 0.5) is 0 Å². The summed E-state index contributed by atoms with van der Waals surface area (Å²) in [5, 5.41) is 10.5. The molecule has 0 aliphatic heterocycles. The summed E-state index contributed by atoms with van der Waals surface area (Å²) in [5.74, 6) is 2.21. The molecule has 0 bridgehead atoms. The highest BCUT2D eigenvalue weighted by Gasteiger charge is 2.20. The van der Waals surface area contributed by atoms with Crippen LogP contribution in [0.15, 0.2) is 16.6 Å². The maximum absolute atomic E-state index is 10.5. The van der Waals surface area contributed by atoms with Crippen molar-refractivity contribution >= 4 is 15.9 Å². The Balaban J connectivity index is 2.08. The van der Waals surface area contributed by atoms with Crippen molar-refractivity contribution in [3.8, 4) is 11.5 Å². The van der Waals surface area contributed by atoms with Crippen molar-refractivity contribution < 1.29 is 14.6 Å². The van der Waals surface area contributed by atoms with Gasteiger partial charge in [0.15, 0.2) is 0 Å². The van der Waals surface area contributed by atoms with E-state index < -0.39 is 6.10 Å². The third kappa shape index (κ3) is 3.67. The molecule has 0 radical (unpaired) electrons. The molecule has 1 aliphatic rings. The van der Waals surface area contributed by atoms with Crippen molar-refractivity contribution in [1.29, 1.82) is 0 Å². The molecule has 1 aromatic rings. The molecule has 1 atom stereocenters. The predicted molar refractivity (Wildman–Crippen MR) is 83.4 cm³/mol. The molecule has 1 unspecified atom stereocenters. The maximum atomic E-state index is 10.5. The van der Waals surface area contributed by atoms with Crippen LogP contribution < -0.4 is 9.47 Å². The van der Waals surface area contributed by atoms with E-state index in [4.69, 9.17) is 9.47 Å². The van der Waals surface area contributed by atoms with E-state index in [9.17, 15) is 5.11 Å². The second-order valence-electron chi connectivity index (χ2n) is 5.47. The summed E-state index contributed by atoms with van der Waals surface area (Å²) >= 11 is 3.44. The molecular weight excluding hydrogens is 320 g/mol. The van der Waals surface area contributed by atoms with Crippen molar-refractivity contribution in [3.63, 3.8) is 0 Å². The van der Waals surface area contributed by atoms with Crippen LogP contribution in [0, 0.1) is 5.92 Å². The van der Waals surface area contributed by atoms with Crippen LogP contribution in [0.3, 0.4) is 0 Å². The molecule has 1 fully saturated rings. The smallest absolute Gasteiger partial charge is 0.133 e. The fraction of sp³-hybridized carbons (Fsp3) is 0.625. The van der Waals surface area contributed by atoms with Gasteiger partial charge >= 0.3 is 0 Å². The lowest BCUT2D eigenvalue weighted by atomic mass is 9.96. The van der Waals surface area contributed by atoms with Gasteiger partial charge in [0.05, 0.1) is 24.8 Å². The van der Waals surface area contributed by atoms with Gasteiger partial charge in [0.25, 0.3) is 0 Å². The lowest BCUT2D eigenvalue weighted by molar-refractivity contribution is 0.153. The van der Waals surface area contributed by atoms with Gasteiger partial charge in [-0.1, -0.05) is 25.7 Å². The molecule has 0 heterocycles. The second kappa shape index (κ2) is 7.32. The van der Waals surface area contributed by atoms with Crippen LogP contribution in [0.5, 0.6) is 11.5 Å². The van der Waals surface area contributed by atoms with Crippen LogP contribution in [0.1, 0.15) is 50.2 Å². The number of halogens is 1. The Morgan fingerprint density at radius 2 is 1.85 bits per heavy atom. The second-order valence-corrected chi connectivity index (χ2v) is 6.33. The van der Waals surface area contributed by atoms with Gasteiger partial charge in [-0.05, 0) is 46.8 Å². The van der Waals surface area contributed by atoms with Crippen molar-refractivity contribution in [3.05, 3.63) is 22.2 Å². The Bertz CT molecular complexity index is 442. The maximum Gasteiger partial charge on any atom is 0.133 e. The molecule has 1 aromatic carbocycles. The predicted octanol–water partition coefficient (Wildman–Crippen LogP) is 4.47. The molecule has 112 valence electrons. The fourth-order valence-corrected chi connectivity index (χ4v) is 3.48. The summed E-state index contributed by atoms with van der Waals surface area (Å²) < 4.78 is 11.5. The van der Waals surface area contributed by atoms with Crippen molar-refractivity contribution in [2.75, 3.05) is 14.2 Å². The Kier molecular flexibility index (Phi) is 5.73. The third-order valence-electron chi connectivity index (χ3n) is 4.19. The normalized spacial score (nSPS) is 17.2. The molecule has 3 nitrogen and oxygen atoms in total. The zero-order valence-corrected chi connectivity index (χ0v) is 13.8. The molecule has 1 aliphatic carbocycles. The number of aliphatic hydroxyl groups excluding tert-OH is 1. The quantitative estimate of drug-likeness (QED) is 0.828. The van der Waals surface area contributed by atoms with Gasteiger partial charge in [-0.2, -0.15) is 0 Å². The molecule has 0 spiro atoms. The minimum absolute atomic E-state index is 0.493. The van der Waals surface area contributed by atoms with Crippen LogP contribution in [0.2, 0.25) is 0 Å².